The van der Waals surface area contributed by atoms with Gasteiger partial charge >= 0.3 is 5.97 Å². The fourth-order valence-electron chi connectivity index (χ4n) is 3.34. The first-order chi connectivity index (χ1) is 14.9. The summed E-state index contributed by atoms with van der Waals surface area (Å²) in [5, 5.41) is 15.8. The number of carbonyl (C=O) groups is 2. The Morgan fingerprint density at radius 3 is 2.55 bits per heavy atom. The van der Waals surface area contributed by atoms with Crippen molar-refractivity contribution in [3.63, 3.8) is 0 Å². The molecule has 0 saturated carbocycles. The van der Waals surface area contributed by atoms with E-state index in [9.17, 15) is 14.7 Å². The minimum absolute atomic E-state index is 0.166. The van der Waals surface area contributed by atoms with Crippen LogP contribution in [0.5, 0.6) is 0 Å². The summed E-state index contributed by atoms with van der Waals surface area (Å²) in [4.78, 5) is 26.4. The van der Waals surface area contributed by atoms with Crippen molar-refractivity contribution < 1.29 is 14.7 Å². The van der Waals surface area contributed by atoms with Gasteiger partial charge in [-0.1, -0.05) is 50.6 Å². The van der Waals surface area contributed by atoms with Gasteiger partial charge in [-0.15, -0.1) is 0 Å². The molecule has 0 aliphatic carbocycles. The summed E-state index contributed by atoms with van der Waals surface area (Å²) in [6.07, 6.45) is 4.38. The van der Waals surface area contributed by atoms with Crippen LogP contribution in [0.1, 0.15) is 38.7 Å². The quantitative estimate of drug-likeness (QED) is 0.207. The summed E-state index contributed by atoms with van der Waals surface area (Å²) in [5.41, 5.74) is 1.13. The second-order valence-electron chi connectivity index (χ2n) is 7.92. The van der Waals surface area contributed by atoms with Gasteiger partial charge in [0.2, 0.25) is 5.91 Å². The molecule has 0 fully saturated rings. The summed E-state index contributed by atoms with van der Waals surface area (Å²) >= 11 is 5.87. The maximum Gasteiger partial charge on any atom is 0.326 e. The number of carbonyl (C=O) groups excluding carboxylic acids is 1. The number of thiol groups is 1. The van der Waals surface area contributed by atoms with E-state index in [2.05, 4.69) is 54.1 Å². The molecule has 0 aromatic heterocycles. The Morgan fingerprint density at radius 1 is 1.26 bits per heavy atom. The first-order valence-corrected chi connectivity index (χ1v) is 13.0. The normalized spacial score (nSPS) is 14.2. The Kier molecular flexibility index (Phi) is 14.7. The molecule has 6 nitrogen and oxygen atoms in total. The van der Waals surface area contributed by atoms with Crippen molar-refractivity contribution in [3.8, 4) is 0 Å². The van der Waals surface area contributed by atoms with E-state index < -0.39 is 12.0 Å². The molecule has 0 spiro atoms. The van der Waals surface area contributed by atoms with Gasteiger partial charge < -0.3 is 15.7 Å². The molecular formula is C23H39N3O3S2. The van der Waals surface area contributed by atoms with Crippen LogP contribution in [0.25, 0.3) is 0 Å². The van der Waals surface area contributed by atoms with E-state index in [0.717, 1.165) is 30.7 Å². The number of nitrogens with zero attached hydrogens (tertiary/aromatic N) is 1. The van der Waals surface area contributed by atoms with Gasteiger partial charge in [0.05, 0.1) is 6.54 Å². The molecule has 0 unspecified atom stereocenters. The van der Waals surface area contributed by atoms with E-state index in [0.29, 0.717) is 31.2 Å². The highest BCUT2D eigenvalue weighted by Gasteiger charge is 2.24. The third-order valence-corrected chi connectivity index (χ3v) is 6.35. The number of nitrogens with one attached hydrogen (secondary N) is 2. The van der Waals surface area contributed by atoms with Crippen molar-refractivity contribution in [2.45, 2.75) is 51.7 Å². The van der Waals surface area contributed by atoms with Crippen LogP contribution in [0.2, 0.25) is 0 Å². The lowest BCUT2D eigenvalue weighted by molar-refractivity contribution is -0.142. The molecule has 0 heterocycles. The number of amides is 1. The predicted molar refractivity (Wildman–Crippen MR) is 134 cm³/mol. The van der Waals surface area contributed by atoms with E-state index in [4.69, 9.17) is 0 Å². The summed E-state index contributed by atoms with van der Waals surface area (Å²) in [6.45, 7) is 6.81. The molecule has 3 atom stereocenters. The van der Waals surface area contributed by atoms with Crippen LogP contribution in [0, 0.1) is 5.92 Å². The largest absolute Gasteiger partial charge is 0.480 e. The highest BCUT2D eigenvalue weighted by Crippen LogP contribution is 2.13. The third kappa shape index (κ3) is 11.8. The fraction of sp³-hybridized carbons (Fsp3) is 0.652. The Bertz CT molecular complexity index is 634. The molecule has 0 saturated heterocycles. The third-order valence-electron chi connectivity index (χ3n) is 5.39. The highest BCUT2D eigenvalue weighted by atomic mass is 32.2. The number of carboxylic acid groups (broad SMARTS) is 1. The molecule has 1 aromatic carbocycles. The number of rotatable bonds is 17. The minimum atomic E-state index is -0.983. The highest BCUT2D eigenvalue weighted by molar-refractivity contribution is 7.98. The SMILES string of the molecule is CC[C@@H](C)[C@@H](CN(CC(=O)N[C@@H](CCSC)C(=O)O)Cc1ccccc1)NCCCS. The smallest absolute Gasteiger partial charge is 0.326 e. The maximum atomic E-state index is 12.7. The molecule has 0 aliphatic heterocycles. The van der Waals surface area contributed by atoms with E-state index >= 15 is 0 Å². The molecule has 1 amide bonds. The summed E-state index contributed by atoms with van der Waals surface area (Å²) in [6, 6.07) is 9.46. The maximum absolute atomic E-state index is 12.7. The zero-order valence-corrected chi connectivity index (χ0v) is 20.8. The van der Waals surface area contributed by atoms with Gasteiger partial charge in [-0.25, -0.2) is 4.79 Å². The number of thioether (sulfide) groups is 1. The molecule has 31 heavy (non-hydrogen) atoms. The van der Waals surface area contributed by atoms with Crippen LogP contribution in [-0.4, -0.2) is 71.4 Å². The van der Waals surface area contributed by atoms with Gasteiger partial charge in [-0.05, 0) is 48.6 Å². The molecule has 0 aliphatic rings. The first kappa shape index (κ1) is 27.8. The van der Waals surface area contributed by atoms with Crippen LogP contribution in [0.3, 0.4) is 0 Å². The van der Waals surface area contributed by atoms with Crippen LogP contribution in [-0.2, 0) is 16.1 Å². The fourth-order valence-corrected chi connectivity index (χ4v) is 3.97. The number of carboxylic acids is 1. The van der Waals surface area contributed by atoms with Gasteiger partial charge in [-0.3, -0.25) is 9.69 Å². The molecule has 1 aromatic rings. The van der Waals surface area contributed by atoms with Crippen molar-refractivity contribution in [1.82, 2.24) is 15.5 Å². The Morgan fingerprint density at radius 2 is 1.97 bits per heavy atom. The van der Waals surface area contributed by atoms with E-state index in [1.807, 2.05) is 24.5 Å². The van der Waals surface area contributed by atoms with Gasteiger partial charge in [0, 0.05) is 19.1 Å². The molecule has 176 valence electrons. The lowest BCUT2D eigenvalue weighted by Crippen LogP contribution is -2.50. The molecule has 3 N–H and O–H groups in total. The summed E-state index contributed by atoms with van der Waals surface area (Å²) in [5.74, 6) is 0.749. The minimum Gasteiger partial charge on any atom is -0.480 e. The first-order valence-electron chi connectivity index (χ1n) is 11.0. The van der Waals surface area contributed by atoms with Crippen LogP contribution in [0.4, 0.5) is 0 Å². The van der Waals surface area contributed by atoms with Gasteiger partial charge in [0.15, 0.2) is 0 Å². The van der Waals surface area contributed by atoms with Gasteiger partial charge in [0.1, 0.15) is 6.04 Å². The molecule has 0 bridgehead atoms. The molecule has 8 heteroatoms. The van der Waals surface area contributed by atoms with Crippen molar-refractivity contribution in [2.24, 2.45) is 5.92 Å². The van der Waals surface area contributed by atoms with Crippen molar-refractivity contribution in [1.29, 1.82) is 0 Å². The number of hydrogen-bond acceptors (Lipinski definition) is 6. The Labute approximate surface area is 197 Å². The van der Waals surface area contributed by atoms with E-state index in [1.54, 1.807) is 11.8 Å². The lowest BCUT2D eigenvalue weighted by atomic mass is 9.98. The number of hydrogen-bond donors (Lipinski definition) is 4. The standard InChI is InChI=1S/C23H39N3O3S2/c1-4-18(2)21(24-12-8-13-30)16-26(15-19-9-6-5-7-10-19)17-22(27)25-20(23(28)29)11-14-31-3/h5-7,9-10,18,20-21,24,30H,4,8,11-17H2,1-3H3,(H,25,27)(H,28,29)/t18-,20+,21-/m1/s1. The molecule has 1 rings (SSSR count). The summed E-state index contributed by atoms with van der Waals surface area (Å²) in [7, 11) is 0. The van der Waals surface area contributed by atoms with Crippen LogP contribution >= 0.6 is 24.4 Å². The Balaban J connectivity index is 2.88. The second-order valence-corrected chi connectivity index (χ2v) is 9.35. The average molecular weight is 470 g/mol. The average Bonchev–Trinajstić information content (AvgIpc) is 2.75. The number of benzene rings is 1. The lowest BCUT2D eigenvalue weighted by Gasteiger charge is -2.31. The van der Waals surface area contributed by atoms with Crippen molar-refractivity contribution >= 4 is 36.3 Å². The van der Waals surface area contributed by atoms with E-state index in [-0.39, 0.29) is 18.5 Å². The van der Waals surface area contributed by atoms with E-state index in [1.165, 1.54) is 0 Å². The Hall–Kier alpha value is -1.22. The predicted octanol–water partition coefficient (Wildman–Crippen LogP) is 3.14. The van der Waals surface area contributed by atoms with Gasteiger partial charge in [0.25, 0.3) is 0 Å². The number of aliphatic carboxylic acids is 1. The molecular weight excluding hydrogens is 430 g/mol. The van der Waals surface area contributed by atoms with Crippen LogP contribution < -0.4 is 10.6 Å². The monoisotopic (exact) mass is 469 g/mol. The van der Waals surface area contributed by atoms with Crippen LogP contribution in [0.15, 0.2) is 30.3 Å². The topological polar surface area (TPSA) is 81.7 Å². The second kappa shape index (κ2) is 16.4. The zero-order chi connectivity index (χ0) is 23.1. The van der Waals surface area contributed by atoms with Crippen molar-refractivity contribution in [2.75, 3.05) is 37.4 Å². The zero-order valence-electron chi connectivity index (χ0n) is 19.0. The van der Waals surface area contributed by atoms with Crippen molar-refractivity contribution in [3.05, 3.63) is 35.9 Å². The summed E-state index contributed by atoms with van der Waals surface area (Å²) < 4.78 is 0. The molecule has 0 radical (unpaired) electrons. The van der Waals surface area contributed by atoms with Gasteiger partial charge in [-0.2, -0.15) is 24.4 Å².